The van der Waals surface area contributed by atoms with Gasteiger partial charge in [-0.15, -0.1) is 11.3 Å². The number of hydrogen-bond acceptors (Lipinski definition) is 6. The van der Waals surface area contributed by atoms with Gasteiger partial charge in [0, 0.05) is 35.5 Å². The van der Waals surface area contributed by atoms with Gasteiger partial charge in [0.15, 0.2) is 5.13 Å². The largest absolute Gasteiger partial charge is 0.342 e. The van der Waals surface area contributed by atoms with Gasteiger partial charge in [0.1, 0.15) is 0 Å². The number of hydrogen-bond donors (Lipinski definition) is 1. The lowest BCUT2D eigenvalue weighted by atomic mass is 10.1. The van der Waals surface area contributed by atoms with Crippen LogP contribution in [0.3, 0.4) is 0 Å². The van der Waals surface area contributed by atoms with Crippen molar-refractivity contribution in [2.75, 3.05) is 31.5 Å². The molecule has 1 aliphatic rings. The zero-order chi connectivity index (χ0) is 19.4. The average Bonchev–Trinajstić information content (AvgIpc) is 3.24. The van der Waals surface area contributed by atoms with Gasteiger partial charge >= 0.3 is 0 Å². The summed E-state index contributed by atoms with van der Waals surface area (Å²) in [6.45, 7) is 11.1. The maximum Gasteiger partial charge on any atom is 0.236 e. The van der Waals surface area contributed by atoms with Crippen LogP contribution in [-0.2, 0) is 4.79 Å². The summed E-state index contributed by atoms with van der Waals surface area (Å²) < 4.78 is 0. The Labute approximate surface area is 165 Å². The molecule has 1 atom stereocenters. The van der Waals surface area contributed by atoms with Crippen LogP contribution in [0.4, 0.5) is 10.8 Å². The van der Waals surface area contributed by atoms with E-state index in [9.17, 15) is 4.79 Å². The average molecular weight is 388 g/mol. The molecule has 0 bridgehead atoms. The maximum absolute atomic E-state index is 12.6. The summed E-state index contributed by atoms with van der Waals surface area (Å²) in [4.78, 5) is 27.1. The zero-order valence-corrected chi connectivity index (χ0v) is 17.5. The van der Waals surface area contributed by atoms with E-state index in [4.69, 9.17) is 4.98 Å². The molecule has 1 aliphatic heterocycles. The summed E-state index contributed by atoms with van der Waals surface area (Å²) in [6.07, 6.45) is 4.01. The minimum atomic E-state index is 0.197. The number of nitrogens with one attached hydrogen (secondary N) is 1. The molecule has 0 saturated carbocycles. The maximum atomic E-state index is 12.6. The monoisotopic (exact) mass is 387 g/mol. The van der Waals surface area contributed by atoms with Crippen molar-refractivity contribution >= 4 is 28.1 Å². The van der Waals surface area contributed by atoms with Crippen molar-refractivity contribution in [3.05, 3.63) is 34.6 Å². The molecule has 146 valence electrons. The molecule has 0 unspecified atom stereocenters. The van der Waals surface area contributed by atoms with Crippen LogP contribution in [0.25, 0.3) is 0 Å². The second kappa shape index (κ2) is 8.80. The predicted molar refractivity (Wildman–Crippen MR) is 111 cm³/mol. The quantitative estimate of drug-likeness (QED) is 0.781. The summed E-state index contributed by atoms with van der Waals surface area (Å²) in [5.41, 5.74) is 3.02. The van der Waals surface area contributed by atoms with Crippen molar-refractivity contribution in [3.8, 4) is 0 Å². The molecule has 1 N–H and O–H groups in total. The van der Waals surface area contributed by atoms with Crippen LogP contribution in [0.5, 0.6) is 0 Å². The fourth-order valence-corrected chi connectivity index (χ4v) is 4.36. The summed E-state index contributed by atoms with van der Waals surface area (Å²) in [7, 11) is 0. The number of rotatable bonds is 7. The summed E-state index contributed by atoms with van der Waals surface area (Å²) in [5, 5.41) is 4.29. The van der Waals surface area contributed by atoms with E-state index in [-0.39, 0.29) is 11.9 Å². The van der Waals surface area contributed by atoms with E-state index in [1.807, 2.05) is 37.9 Å². The Balaban J connectivity index is 1.76. The number of amides is 1. The Morgan fingerprint density at radius 3 is 2.78 bits per heavy atom. The van der Waals surface area contributed by atoms with E-state index in [1.54, 1.807) is 11.3 Å². The van der Waals surface area contributed by atoms with Crippen LogP contribution >= 0.6 is 11.3 Å². The molecule has 6 nitrogen and oxygen atoms in total. The zero-order valence-electron chi connectivity index (χ0n) is 16.7. The number of anilines is 2. The van der Waals surface area contributed by atoms with Crippen molar-refractivity contribution < 1.29 is 4.79 Å². The number of carbonyl (C=O) groups is 1. The van der Waals surface area contributed by atoms with E-state index in [0.29, 0.717) is 6.54 Å². The predicted octanol–water partition coefficient (Wildman–Crippen LogP) is 3.90. The molecule has 0 aliphatic carbocycles. The SMILES string of the molecule is CCN(CC)C(=O)CN1CCC[C@@H]1c1cc(Nc2ncc(C)s2)cc(C)n1. The number of aromatic nitrogens is 2. The van der Waals surface area contributed by atoms with E-state index in [1.165, 1.54) is 4.88 Å². The van der Waals surface area contributed by atoms with Gasteiger partial charge in [-0.3, -0.25) is 14.7 Å². The van der Waals surface area contributed by atoms with Crippen LogP contribution in [0, 0.1) is 13.8 Å². The number of thiazole rings is 1. The van der Waals surface area contributed by atoms with Gasteiger partial charge in [0.05, 0.1) is 18.3 Å². The van der Waals surface area contributed by atoms with Gasteiger partial charge in [-0.2, -0.15) is 0 Å². The lowest BCUT2D eigenvalue weighted by molar-refractivity contribution is -0.132. The number of carbonyl (C=O) groups excluding carboxylic acids is 1. The van der Waals surface area contributed by atoms with Crippen molar-refractivity contribution in [1.82, 2.24) is 19.8 Å². The number of likely N-dealkylation sites (N-methyl/N-ethyl adjacent to an activating group) is 1. The molecule has 0 radical (unpaired) electrons. The highest BCUT2D eigenvalue weighted by Crippen LogP contribution is 2.33. The first-order chi connectivity index (χ1) is 13.0. The molecule has 3 heterocycles. The second-order valence-corrected chi connectivity index (χ2v) is 8.25. The molecular formula is C20H29N5OS. The summed E-state index contributed by atoms with van der Waals surface area (Å²) in [5.74, 6) is 0.205. The summed E-state index contributed by atoms with van der Waals surface area (Å²) >= 11 is 1.64. The van der Waals surface area contributed by atoms with Gasteiger partial charge < -0.3 is 10.2 Å². The van der Waals surface area contributed by atoms with Crippen LogP contribution < -0.4 is 5.32 Å². The minimum Gasteiger partial charge on any atom is -0.342 e. The number of pyridine rings is 1. The molecular weight excluding hydrogens is 358 g/mol. The van der Waals surface area contributed by atoms with Gasteiger partial charge in [0.2, 0.25) is 5.91 Å². The topological polar surface area (TPSA) is 61.4 Å². The lowest BCUT2D eigenvalue weighted by Gasteiger charge is -2.27. The minimum absolute atomic E-state index is 0.197. The molecule has 7 heteroatoms. The van der Waals surface area contributed by atoms with Crippen molar-refractivity contribution in [3.63, 3.8) is 0 Å². The Morgan fingerprint density at radius 1 is 1.33 bits per heavy atom. The molecule has 1 saturated heterocycles. The van der Waals surface area contributed by atoms with Crippen LogP contribution in [0.15, 0.2) is 18.3 Å². The fraction of sp³-hybridized carbons (Fsp3) is 0.550. The highest BCUT2D eigenvalue weighted by molar-refractivity contribution is 7.15. The van der Waals surface area contributed by atoms with Crippen molar-refractivity contribution in [1.29, 1.82) is 0 Å². The van der Waals surface area contributed by atoms with E-state index in [2.05, 4.69) is 28.2 Å². The van der Waals surface area contributed by atoms with Crippen molar-refractivity contribution in [2.24, 2.45) is 0 Å². The Bertz CT molecular complexity index is 786. The Morgan fingerprint density at radius 2 is 2.11 bits per heavy atom. The normalized spacial score (nSPS) is 17.3. The van der Waals surface area contributed by atoms with Crippen LogP contribution in [-0.4, -0.2) is 51.9 Å². The standard InChI is InChI=1S/C20H29N5OS/c1-5-24(6-2)19(26)13-25-9-7-8-18(25)17-11-16(10-14(3)22-17)23-20-21-12-15(4)27-20/h10-12,18H,5-9,13H2,1-4H3,(H,21,22,23)/t18-/m1/s1. The molecule has 1 fully saturated rings. The highest BCUT2D eigenvalue weighted by Gasteiger charge is 2.30. The van der Waals surface area contributed by atoms with Gasteiger partial charge in [-0.1, -0.05) is 0 Å². The smallest absolute Gasteiger partial charge is 0.236 e. The third-order valence-corrected chi connectivity index (χ3v) is 5.83. The molecule has 27 heavy (non-hydrogen) atoms. The number of likely N-dealkylation sites (tertiary alicyclic amines) is 1. The highest BCUT2D eigenvalue weighted by atomic mass is 32.1. The first kappa shape index (κ1) is 19.8. The summed E-state index contributed by atoms with van der Waals surface area (Å²) in [6, 6.07) is 4.35. The Hall–Kier alpha value is -1.99. The second-order valence-electron chi connectivity index (χ2n) is 7.02. The number of nitrogens with zero attached hydrogens (tertiary/aromatic N) is 4. The fourth-order valence-electron chi connectivity index (χ4n) is 3.67. The molecule has 0 aromatic carbocycles. The van der Waals surface area contributed by atoms with Gasteiger partial charge in [-0.05, 0) is 59.2 Å². The molecule has 2 aromatic heterocycles. The van der Waals surface area contributed by atoms with E-state index >= 15 is 0 Å². The molecule has 0 spiro atoms. The Kier molecular flexibility index (Phi) is 6.44. The van der Waals surface area contributed by atoms with Gasteiger partial charge in [-0.25, -0.2) is 4.98 Å². The third-order valence-electron chi connectivity index (χ3n) is 5.01. The van der Waals surface area contributed by atoms with Crippen LogP contribution in [0.2, 0.25) is 0 Å². The van der Waals surface area contributed by atoms with Crippen LogP contribution in [0.1, 0.15) is 49.0 Å². The molecule has 3 rings (SSSR count). The number of aryl methyl sites for hydroxylation is 2. The van der Waals surface area contributed by atoms with E-state index in [0.717, 1.165) is 54.7 Å². The first-order valence-corrected chi connectivity index (χ1v) is 10.5. The molecule has 2 aromatic rings. The first-order valence-electron chi connectivity index (χ1n) is 9.70. The third kappa shape index (κ3) is 4.84. The molecule has 1 amide bonds. The van der Waals surface area contributed by atoms with Gasteiger partial charge in [0.25, 0.3) is 0 Å². The van der Waals surface area contributed by atoms with Crippen molar-refractivity contribution in [2.45, 2.75) is 46.6 Å². The van der Waals surface area contributed by atoms with E-state index < -0.39 is 0 Å². The lowest BCUT2D eigenvalue weighted by Crippen LogP contribution is -2.40.